The predicted molar refractivity (Wildman–Crippen MR) is 110 cm³/mol. The molecule has 1 heterocycles. The van der Waals surface area contributed by atoms with Crippen LogP contribution in [0.1, 0.15) is 5.56 Å². The van der Waals surface area contributed by atoms with E-state index in [1.54, 1.807) is 46.9 Å². The summed E-state index contributed by atoms with van der Waals surface area (Å²) in [4.78, 5) is 24.8. The van der Waals surface area contributed by atoms with Gasteiger partial charge in [0.1, 0.15) is 5.75 Å². The number of hydrogen-bond donors (Lipinski definition) is 1. The maximum Gasteiger partial charge on any atom is 0.271 e. The zero-order valence-corrected chi connectivity index (χ0v) is 16.2. The Hall–Kier alpha value is -1.98. The van der Waals surface area contributed by atoms with E-state index in [4.69, 9.17) is 12.2 Å². The SMILES string of the molecule is O=C1/C(=C\c2cc([N+](=O)[O-])cc(I)c2O)SC(=S)N1c1ccccc1. The molecule has 1 aliphatic rings. The van der Waals surface area contributed by atoms with Crippen LogP contribution in [0, 0.1) is 13.7 Å². The number of hydrogen-bond acceptors (Lipinski definition) is 6. The number of non-ortho nitro benzene ring substituents is 1. The van der Waals surface area contributed by atoms with Crippen molar-refractivity contribution in [3.63, 3.8) is 0 Å². The number of halogens is 1. The Morgan fingerprint density at radius 3 is 2.60 bits per heavy atom. The third-order valence-electron chi connectivity index (χ3n) is 3.38. The molecule has 1 fully saturated rings. The highest BCUT2D eigenvalue weighted by Crippen LogP contribution is 2.38. The molecule has 6 nitrogen and oxygen atoms in total. The van der Waals surface area contributed by atoms with Gasteiger partial charge in [0, 0.05) is 17.7 Å². The Bertz CT molecular complexity index is 931. The molecule has 1 saturated heterocycles. The van der Waals surface area contributed by atoms with Crippen molar-refractivity contribution in [3.05, 3.63) is 66.6 Å². The fourth-order valence-corrected chi connectivity index (χ4v) is 4.15. The van der Waals surface area contributed by atoms with Crippen LogP contribution < -0.4 is 4.90 Å². The molecule has 0 radical (unpaired) electrons. The fraction of sp³-hybridized carbons (Fsp3) is 0. The highest BCUT2D eigenvalue weighted by atomic mass is 127. The molecule has 0 spiro atoms. The van der Waals surface area contributed by atoms with Crippen LogP contribution in [-0.2, 0) is 4.79 Å². The fourth-order valence-electron chi connectivity index (χ4n) is 2.23. The van der Waals surface area contributed by atoms with Crippen molar-refractivity contribution in [1.82, 2.24) is 0 Å². The number of thioether (sulfide) groups is 1. The Morgan fingerprint density at radius 2 is 1.96 bits per heavy atom. The third kappa shape index (κ3) is 3.53. The second-order valence-electron chi connectivity index (χ2n) is 4.98. The lowest BCUT2D eigenvalue weighted by Gasteiger charge is -2.13. The molecule has 2 aromatic carbocycles. The minimum Gasteiger partial charge on any atom is -0.506 e. The van der Waals surface area contributed by atoms with Gasteiger partial charge in [-0.3, -0.25) is 19.8 Å². The van der Waals surface area contributed by atoms with Crippen LogP contribution in [0.3, 0.4) is 0 Å². The summed E-state index contributed by atoms with van der Waals surface area (Å²) in [6.45, 7) is 0. The first-order valence-electron chi connectivity index (χ1n) is 6.88. The first-order chi connectivity index (χ1) is 11.9. The van der Waals surface area contributed by atoms with Gasteiger partial charge in [-0.25, -0.2) is 0 Å². The van der Waals surface area contributed by atoms with Crippen LogP contribution in [0.4, 0.5) is 11.4 Å². The summed E-state index contributed by atoms with van der Waals surface area (Å²) in [5.74, 6) is -0.446. The third-order valence-corrected chi connectivity index (χ3v) is 5.51. The molecule has 0 saturated carbocycles. The second kappa shape index (κ2) is 7.10. The van der Waals surface area contributed by atoms with Crippen molar-refractivity contribution < 1.29 is 14.8 Å². The maximum atomic E-state index is 12.7. The molecule has 1 N–H and O–H groups in total. The number of carbonyl (C=O) groups excluding carboxylic acids is 1. The number of thiocarbonyl (C=S) groups is 1. The van der Waals surface area contributed by atoms with E-state index in [0.29, 0.717) is 18.5 Å². The standard InChI is InChI=1S/C16H9IN2O4S2/c17-12-8-11(19(22)23)6-9(14(12)20)7-13-15(21)18(16(24)25-13)10-4-2-1-3-5-10/h1-8,20H/b13-7+. The van der Waals surface area contributed by atoms with E-state index < -0.39 is 4.92 Å². The van der Waals surface area contributed by atoms with E-state index in [-0.39, 0.29) is 22.9 Å². The van der Waals surface area contributed by atoms with Gasteiger partial charge < -0.3 is 5.11 Å². The number of rotatable bonds is 3. The van der Waals surface area contributed by atoms with Crippen molar-refractivity contribution in [2.75, 3.05) is 4.90 Å². The first kappa shape index (κ1) is 17.8. The number of nitro groups is 1. The number of nitro benzene ring substituents is 1. The molecule has 1 aliphatic heterocycles. The molecular formula is C16H9IN2O4S2. The Kier molecular flexibility index (Phi) is 5.06. The normalized spacial score (nSPS) is 15.9. The molecule has 0 unspecified atom stereocenters. The number of benzene rings is 2. The molecular weight excluding hydrogens is 475 g/mol. The van der Waals surface area contributed by atoms with Crippen molar-refractivity contribution in [3.8, 4) is 5.75 Å². The summed E-state index contributed by atoms with van der Waals surface area (Å²) >= 11 is 8.17. The largest absolute Gasteiger partial charge is 0.506 e. The van der Waals surface area contributed by atoms with Crippen molar-refractivity contribution in [2.45, 2.75) is 0 Å². The highest BCUT2D eigenvalue weighted by molar-refractivity contribution is 14.1. The number of phenols is 1. The lowest BCUT2D eigenvalue weighted by Crippen LogP contribution is -2.27. The average Bonchev–Trinajstić information content (AvgIpc) is 2.86. The minimum absolute atomic E-state index is 0.115. The summed E-state index contributed by atoms with van der Waals surface area (Å²) in [6.07, 6.45) is 1.42. The molecule has 0 bridgehead atoms. The van der Waals surface area contributed by atoms with E-state index in [2.05, 4.69) is 0 Å². The van der Waals surface area contributed by atoms with E-state index in [9.17, 15) is 20.0 Å². The van der Waals surface area contributed by atoms with Crippen LogP contribution in [0.5, 0.6) is 5.75 Å². The number of carbonyl (C=O) groups is 1. The van der Waals surface area contributed by atoms with Crippen LogP contribution in [-0.4, -0.2) is 20.3 Å². The topological polar surface area (TPSA) is 83.7 Å². The summed E-state index contributed by atoms with van der Waals surface area (Å²) in [5.41, 5.74) is 0.686. The van der Waals surface area contributed by atoms with Crippen molar-refractivity contribution >= 4 is 74.2 Å². The van der Waals surface area contributed by atoms with E-state index in [1.165, 1.54) is 23.1 Å². The van der Waals surface area contributed by atoms with Crippen molar-refractivity contribution in [2.24, 2.45) is 0 Å². The van der Waals surface area contributed by atoms with Gasteiger partial charge in [0.05, 0.1) is 19.1 Å². The smallest absolute Gasteiger partial charge is 0.271 e. The Morgan fingerprint density at radius 1 is 1.28 bits per heavy atom. The van der Waals surface area contributed by atoms with E-state index in [1.807, 2.05) is 6.07 Å². The monoisotopic (exact) mass is 484 g/mol. The Balaban J connectivity index is 2.02. The van der Waals surface area contributed by atoms with Crippen LogP contribution in [0.2, 0.25) is 0 Å². The van der Waals surface area contributed by atoms with Gasteiger partial charge in [-0.1, -0.05) is 42.2 Å². The molecule has 126 valence electrons. The maximum absolute atomic E-state index is 12.7. The van der Waals surface area contributed by atoms with Gasteiger partial charge in [-0.2, -0.15) is 0 Å². The predicted octanol–water partition coefficient (Wildman–Crippen LogP) is 4.31. The van der Waals surface area contributed by atoms with Crippen LogP contribution in [0.25, 0.3) is 6.08 Å². The second-order valence-corrected chi connectivity index (χ2v) is 7.81. The van der Waals surface area contributed by atoms with Gasteiger partial charge in [-0.15, -0.1) is 0 Å². The molecule has 0 aromatic heterocycles. The summed E-state index contributed by atoms with van der Waals surface area (Å²) < 4.78 is 0.693. The molecule has 2 aromatic rings. The van der Waals surface area contributed by atoms with Gasteiger partial charge in [-0.05, 0) is 40.8 Å². The zero-order valence-electron chi connectivity index (χ0n) is 12.4. The number of aromatic hydroxyl groups is 1. The van der Waals surface area contributed by atoms with E-state index in [0.717, 1.165) is 11.8 Å². The summed E-state index contributed by atoms with van der Waals surface area (Å²) in [5, 5.41) is 21.2. The van der Waals surface area contributed by atoms with Gasteiger partial charge in [0.2, 0.25) is 0 Å². The summed E-state index contributed by atoms with van der Waals surface area (Å²) in [6, 6.07) is 11.5. The van der Waals surface area contributed by atoms with Gasteiger partial charge >= 0.3 is 0 Å². The van der Waals surface area contributed by atoms with Crippen LogP contribution in [0.15, 0.2) is 47.4 Å². The van der Waals surface area contributed by atoms with Gasteiger partial charge in [0.15, 0.2) is 4.32 Å². The quantitative estimate of drug-likeness (QED) is 0.230. The average molecular weight is 484 g/mol. The number of phenolic OH excluding ortho intramolecular Hbond substituents is 1. The van der Waals surface area contributed by atoms with Crippen molar-refractivity contribution in [1.29, 1.82) is 0 Å². The number of amides is 1. The first-order valence-corrected chi connectivity index (χ1v) is 9.18. The number of para-hydroxylation sites is 1. The van der Waals surface area contributed by atoms with E-state index >= 15 is 0 Å². The molecule has 25 heavy (non-hydrogen) atoms. The molecule has 0 aliphatic carbocycles. The van der Waals surface area contributed by atoms with Gasteiger partial charge in [0.25, 0.3) is 11.6 Å². The molecule has 9 heteroatoms. The number of nitrogens with zero attached hydrogens (tertiary/aromatic N) is 2. The molecule has 0 atom stereocenters. The summed E-state index contributed by atoms with van der Waals surface area (Å²) in [7, 11) is 0. The highest BCUT2D eigenvalue weighted by Gasteiger charge is 2.33. The molecule has 1 amide bonds. The molecule has 3 rings (SSSR count). The van der Waals surface area contributed by atoms with Crippen LogP contribution >= 0.6 is 46.6 Å². The lowest BCUT2D eigenvalue weighted by molar-refractivity contribution is -0.385. The lowest BCUT2D eigenvalue weighted by atomic mass is 10.1. The Labute approximate surface area is 165 Å². The zero-order chi connectivity index (χ0) is 18.1. The number of anilines is 1. The minimum atomic E-state index is -0.547.